The van der Waals surface area contributed by atoms with E-state index in [0.29, 0.717) is 0 Å². The number of ether oxygens (including phenoxy) is 1. The highest BCUT2D eigenvalue weighted by atomic mass is 35.5. The van der Waals surface area contributed by atoms with Crippen LogP contribution in [0.25, 0.3) is 0 Å². The summed E-state index contributed by atoms with van der Waals surface area (Å²) in [5.41, 5.74) is -1.83. The molecule has 0 saturated heterocycles. The Morgan fingerprint density at radius 3 is 2.82 bits per heavy atom. The van der Waals surface area contributed by atoms with Gasteiger partial charge >= 0.3 is 5.97 Å². The average Bonchev–Trinajstić information content (AvgIpc) is 2.28. The fourth-order valence-corrected chi connectivity index (χ4v) is 1.44. The molecule has 4 nitrogen and oxygen atoms in total. The molecule has 0 unspecified atom stereocenters. The molecule has 0 saturated carbocycles. The molecule has 0 aromatic carbocycles. The maximum absolute atomic E-state index is 12.8. The fourth-order valence-electron chi connectivity index (χ4n) is 1.21. The van der Waals surface area contributed by atoms with E-state index in [9.17, 15) is 13.6 Å². The molecule has 0 aliphatic rings. The Bertz CT molecular complexity index is 486. The van der Waals surface area contributed by atoms with E-state index in [0.717, 1.165) is 6.20 Å². The van der Waals surface area contributed by atoms with Crippen LogP contribution in [-0.4, -0.2) is 17.6 Å². The zero-order chi connectivity index (χ0) is 13.0. The first-order valence-corrected chi connectivity index (χ1v) is 4.94. The van der Waals surface area contributed by atoms with Crippen molar-refractivity contribution >= 4 is 17.6 Å². The number of nitrogens with zero attached hydrogens (tertiary/aromatic N) is 2. The van der Waals surface area contributed by atoms with Gasteiger partial charge in [0.25, 0.3) is 6.43 Å². The van der Waals surface area contributed by atoms with Crippen LogP contribution >= 0.6 is 11.6 Å². The zero-order valence-corrected chi connectivity index (χ0v) is 9.46. The molecule has 0 bridgehead atoms. The second-order valence-corrected chi connectivity index (χ2v) is 3.28. The van der Waals surface area contributed by atoms with Crippen LogP contribution in [0, 0.1) is 11.3 Å². The van der Waals surface area contributed by atoms with Crippen LogP contribution in [0.15, 0.2) is 6.20 Å². The minimum atomic E-state index is -3.03. The predicted molar refractivity (Wildman–Crippen MR) is 54.9 cm³/mol. The Hall–Kier alpha value is -1.74. The highest BCUT2D eigenvalue weighted by Crippen LogP contribution is 2.30. The molecule has 0 spiro atoms. The number of rotatable bonds is 3. The topological polar surface area (TPSA) is 63.0 Å². The van der Waals surface area contributed by atoms with Gasteiger partial charge in [0, 0.05) is 6.20 Å². The van der Waals surface area contributed by atoms with E-state index in [-0.39, 0.29) is 11.6 Å². The number of nitriles is 1. The van der Waals surface area contributed by atoms with E-state index < -0.39 is 29.2 Å². The van der Waals surface area contributed by atoms with Crippen LogP contribution in [0.2, 0.25) is 5.02 Å². The van der Waals surface area contributed by atoms with Crippen molar-refractivity contribution in [3.63, 3.8) is 0 Å². The second-order valence-electron chi connectivity index (χ2n) is 2.88. The zero-order valence-electron chi connectivity index (χ0n) is 8.71. The smallest absolute Gasteiger partial charge is 0.340 e. The fraction of sp³-hybridized carbons (Fsp3) is 0.300. The molecular formula is C10H7ClF2N2O2. The number of halogens is 3. The van der Waals surface area contributed by atoms with Crippen molar-refractivity contribution in [1.82, 2.24) is 4.98 Å². The molecule has 0 amide bonds. The second kappa shape index (κ2) is 5.55. The minimum absolute atomic E-state index is 0.0159. The van der Waals surface area contributed by atoms with Crippen molar-refractivity contribution in [2.24, 2.45) is 0 Å². The number of hydrogen-bond acceptors (Lipinski definition) is 4. The third kappa shape index (κ3) is 2.68. The Morgan fingerprint density at radius 1 is 1.71 bits per heavy atom. The molecule has 0 aliphatic carbocycles. The lowest BCUT2D eigenvalue weighted by molar-refractivity contribution is 0.0515. The highest BCUT2D eigenvalue weighted by molar-refractivity contribution is 6.33. The highest BCUT2D eigenvalue weighted by Gasteiger charge is 2.27. The number of hydrogen-bond donors (Lipinski definition) is 0. The van der Waals surface area contributed by atoms with Crippen molar-refractivity contribution in [2.75, 3.05) is 6.61 Å². The number of carbonyl (C=O) groups is 1. The van der Waals surface area contributed by atoms with Crippen LogP contribution in [-0.2, 0) is 4.74 Å². The molecule has 17 heavy (non-hydrogen) atoms. The summed E-state index contributed by atoms with van der Waals surface area (Å²) in [5.74, 6) is -0.994. The van der Waals surface area contributed by atoms with Gasteiger partial charge in [-0.25, -0.2) is 18.6 Å². The van der Waals surface area contributed by atoms with Crippen molar-refractivity contribution in [1.29, 1.82) is 5.26 Å². The lowest BCUT2D eigenvalue weighted by Crippen LogP contribution is -2.12. The third-order valence-corrected chi connectivity index (χ3v) is 2.16. The van der Waals surface area contributed by atoms with Gasteiger partial charge in [0.05, 0.1) is 22.8 Å². The summed E-state index contributed by atoms with van der Waals surface area (Å²) >= 11 is 5.63. The van der Waals surface area contributed by atoms with Crippen LogP contribution in [0.3, 0.4) is 0 Å². The van der Waals surface area contributed by atoms with Gasteiger partial charge < -0.3 is 4.74 Å². The first kappa shape index (κ1) is 13.3. The molecule has 0 N–H and O–H groups in total. The quantitative estimate of drug-likeness (QED) is 0.784. The van der Waals surface area contributed by atoms with Gasteiger partial charge in [0.1, 0.15) is 11.8 Å². The predicted octanol–water partition coefficient (Wildman–Crippen LogP) is 2.72. The van der Waals surface area contributed by atoms with Crippen molar-refractivity contribution < 1.29 is 18.3 Å². The number of alkyl halides is 2. The summed E-state index contributed by atoms with van der Waals surface area (Å²) in [7, 11) is 0. The van der Waals surface area contributed by atoms with E-state index in [1.54, 1.807) is 0 Å². The third-order valence-electron chi connectivity index (χ3n) is 1.87. The summed E-state index contributed by atoms with van der Waals surface area (Å²) in [6, 6.07) is 1.48. The summed E-state index contributed by atoms with van der Waals surface area (Å²) in [5, 5.41) is 8.39. The number of aromatic nitrogens is 1. The summed E-state index contributed by atoms with van der Waals surface area (Å²) in [6.45, 7) is 1.54. The molecule has 0 fully saturated rings. The van der Waals surface area contributed by atoms with Crippen LogP contribution < -0.4 is 0 Å². The number of esters is 1. The molecule has 1 heterocycles. The van der Waals surface area contributed by atoms with Gasteiger partial charge in [-0.15, -0.1) is 0 Å². The molecule has 1 aromatic heterocycles. The van der Waals surface area contributed by atoms with Crippen molar-refractivity contribution in [2.45, 2.75) is 13.3 Å². The monoisotopic (exact) mass is 260 g/mol. The van der Waals surface area contributed by atoms with Gasteiger partial charge in [-0.2, -0.15) is 5.26 Å². The Labute approximate surface area is 101 Å². The van der Waals surface area contributed by atoms with Gasteiger partial charge in [0.2, 0.25) is 0 Å². The average molecular weight is 261 g/mol. The van der Waals surface area contributed by atoms with Crippen LogP contribution in [0.5, 0.6) is 0 Å². The Morgan fingerprint density at radius 2 is 2.35 bits per heavy atom. The molecule has 7 heteroatoms. The SMILES string of the molecule is CCOC(=O)c1c(Cl)cnc(C#N)c1C(F)F. The lowest BCUT2D eigenvalue weighted by atomic mass is 10.1. The van der Waals surface area contributed by atoms with Crippen LogP contribution in [0.1, 0.15) is 35.0 Å². The van der Waals surface area contributed by atoms with E-state index >= 15 is 0 Å². The maximum atomic E-state index is 12.8. The van der Waals surface area contributed by atoms with Gasteiger partial charge in [-0.1, -0.05) is 11.6 Å². The number of carbonyl (C=O) groups excluding carboxylic acids is 1. The Kier molecular flexibility index (Phi) is 4.35. The molecule has 0 radical (unpaired) electrons. The molecule has 90 valence electrons. The van der Waals surface area contributed by atoms with E-state index in [4.69, 9.17) is 16.9 Å². The van der Waals surface area contributed by atoms with Gasteiger partial charge in [-0.3, -0.25) is 0 Å². The first-order chi connectivity index (χ1) is 8.02. The summed E-state index contributed by atoms with van der Waals surface area (Å²) in [6.07, 6.45) is -2.06. The summed E-state index contributed by atoms with van der Waals surface area (Å²) < 4.78 is 30.2. The van der Waals surface area contributed by atoms with E-state index in [1.165, 1.54) is 13.0 Å². The molecule has 0 atom stereocenters. The molecular weight excluding hydrogens is 254 g/mol. The van der Waals surface area contributed by atoms with E-state index in [2.05, 4.69) is 9.72 Å². The van der Waals surface area contributed by atoms with Crippen molar-refractivity contribution in [3.05, 3.63) is 28.0 Å². The lowest BCUT2D eigenvalue weighted by Gasteiger charge is -2.10. The van der Waals surface area contributed by atoms with Crippen molar-refractivity contribution in [3.8, 4) is 6.07 Å². The maximum Gasteiger partial charge on any atom is 0.340 e. The van der Waals surface area contributed by atoms with Gasteiger partial charge in [-0.05, 0) is 6.92 Å². The van der Waals surface area contributed by atoms with Crippen LogP contribution in [0.4, 0.5) is 8.78 Å². The van der Waals surface area contributed by atoms with Gasteiger partial charge in [0.15, 0.2) is 0 Å². The normalized spacial score (nSPS) is 10.1. The largest absolute Gasteiger partial charge is 0.462 e. The minimum Gasteiger partial charge on any atom is -0.462 e. The summed E-state index contributed by atoms with van der Waals surface area (Å²) in [4.78, 5) is 14.9. The molecule has 1 aromatic rings. The molecule has 1 rings (SSSR count). The standard InChI is InChI=1S/C10H7ClF2N2O2/c1-2-17-10(16)7-5(11)4-15-6(3-14)8(7)9(12)13/h4,9H,2H2,1H3. The number of pyridine rings is 1. The first-order valence-electron chi connectivity index (χ1n) is 4.56. The molecule has 0 aliphatic heterocycles. The Balaban J connectivity index is 3.45. The van der Waals surface area contributed by atoms with E-state index in [1.807, 2.05) is 0 Å².